The lowest BCUT2D eigenvalue weighted by Gasteiger charge is -2.35. The SMILES string of the molecule is Cc1nn2c(CNc3cccc(C(=O)N4CCCCC4CCO)c3)c(C(C)C)nc2s1. The zero-order valence-corrected chi connectivity index (χ0v) is 19.3. The first-order valence-electron chi connectivity index (χ1n) is 11.1. The molecule has 2 aromatic heterocycles. The van der Waals surface area contributed by atoms with Crippen molar-refractivity contribution in [2.24, 2.45) is 0 Å². The molecule has 2 N–H and O–H groups in total. The van der Waals surface area contributed by atoms with Crippen LogP contribution in [-0.2, 0) is 6.54 Å². The number of aryl methyl sites for hydroxylation is 1. The number of carbonyl (C=O) groups is 1. The number of carbonyl (C=O) groups excluding carboxylic acids is 1. The molecule has 1 saturated heterocycles. The molecular formula is C23H31N5O2S. The molecule has 8 heteroatoms. The van der Waals surface area contributed by atoms with Crippen LogP contribution in [0.4, 0.5) is 5.69 Å². The smallest absolute Gasteiger partial charge is 0.254 e. The zero-order chi connectivity index (χ0) is 22.0. The Labute approximate surface area is 187 Å². The Kier molecular flexibility index (Phi) is 6.57. The van der Waals surface area contributed by atoms with Crippen LogP contribution in [0.1, 0.15) is 72.2 Å². The van der Waals surface area contributed by atoms with E-state index in [0.717, 1.165) is 52.9 Å². The van der Waals surface area contributed by atoms with Crippen molar-refractivity contribution in [2.45, 2.75) is 65.0 Å². The van der Waals surface area contributed by atoms with Crippen molar-refractivity contribution in [1.29, 1.82) is 0 Å². The Morgan fingerprint density at radius 2 is 2.19 bits per heavy atom. The Hall–Kier alpha value is -2.45. The van der Waals surface area contributed by atoms with Crippen LogP contribution >= 0.6 is 11.3 Å². The van der Waals surface area contributed by atoms with Crippen molar-refractivity contribution in [3.63, 3.8) is 0 Å². The predicted molar refractivity (Wildman–Crippen MR) is 124 cm³/mol. The minimum atomic E-state index is 0.0477. The number of hydrogen-bond donors (Lipinski definition) is 2. The first-order valence-corrected chi connectivity index (χ1v) is 11.9. The highest BCUT2D eigenvalue weighted by Crippen LogP contribution is 2.26. The number of nitrogens with zero attached hydrogens (tertiary/aromatic N) is 4. The molecule has 3 aromatic rings. The Balaban J connectivity index is 1.52. The number of hydrogen-bond acceptors (Lipinski definition) is 6. The van der Waals surface area contributed by atoms with Gasteiger partial charge in [-0.1, -0.05) is 31.3 Å². The number of aliphatic hydroxyl groups is 1. The summed E-state index contributed by atoms with van der Waals surface area (Å²) in [6, 6.07) is 7.83. The third-order valence-corrected chi connectivity index (χ3v) is 6.72. The Morgan fingerprint density at radius 3 is 2.97 bits per heavy atom. The fourth-order valence-electron chi connectivity index (χ4n) is 4.36. The summed E-state index contributed by atoms with van der Waals surface area (Å²) in [6.45, 7) is 7.74. The number of fused-ring (bicyclic) bond motifs is 1. The number of likely N-dealkylation sites (tertiary alicyclic amines) is 1. The summed E-state index contributed by atoms with van der Waals surface area (Å²) in [5.41, 5.74) is 3.70. The van der Waals surface area contributed by atoms with E-state index in [1.807, 2.05) is 40.6 Å². The molecule has 1 atom stereocenters. The number of aliphatic hydroxyl groups excluding tert-OH is 1. The summed E-state index contributed by atoms with van der Waals surface area (Å²) in [4.78, 5) is 20.8. The molecule has 31 heavy (non-hydrogen) atoms. The third kappa shape index (κ3) is 4.60. The van der Waals surface area contributed by atoms with Crippen molar-refractivity contribution in [3.8, 4) is 0 Å². The lowest BCUT2D eigenvalue weighted by molar-refractivity contribution is 0.0574. The highest BCUT2D eigenvalue weighted by molar-refractivity contribution is 7.16. The van der Waals surface area contributed by atoms with Gasteiger partial charge in [-0.3, -0.25) is 4.79 Å². The van der Waals surface area contributed by atoms with Gasteiger partial charge in [0.05, 0.1) is 17.9 Å². The fraction of sp³-hybridized carbons (Fsp3) is 0.522. The monoisotopic (exact) mass is 441 g/mol. The highest BCUT2D eigenvalue weighted by Gasteiger charge is 2.27. The van der Waals surface area contributed by atoms with E-state index in [9.17, 15) is 9.90 Å². The summed E-state index contributed by atoms with van der Waals surface area (Å²) in [7, 11) is 0. The second kappa shape index (κ2) is 9.36. The quantitative estimate of drug-likeness (QED) is 0.574. The molecule has 7 nitrogen and oxygen atoms in total. The molecule has 1 aliphatic rings. The number of imidazole rings is 1. The number of piperidine rings is 1. The van der Waals surface area contributed by atoms with Gasteiger partial charge in [0.2, 0.25) is 4.96 Å². The van der Waals surface area contributed by atoms with Crippen LogP contribution in [0.15, 0.2) is 24.3 Å². The van der Waals surface area contributed by atoms with Crippen LogP contribution in [0.25, 0.3) is 4.96 Å². The maximum atomic E-state index is 13.2. The first-order chi connectivity index (χ1) is 15.0. The van der Waals surface area contributed by atoms with Gasteiger partial charge in [-0.2, -0.15) is 5.10 Å². The lowest BCUT2D eigenvalue weighted by atomic mass is 9.98. The van der Waals surface area contributed by atoms with Gasteiger partial charge >= 0.3 is 0 Å². The molecule has 0 radical (unpaired) electrons. The molecule has 0 spiro atoms. The molecule has 1 fully saturated rings. The maximum Gasteiger partial charge on any atom is 0.254 e. The molecular weight excluding hydrogens is 410 g/mol. The van der Waals surface area contributed by atoms with Crippen LogP contribution in [0.5, 0.6) is 0 Å². The number of nitrogens with one attached hydrogen (secondary N) is 1. The van der Waals surface area contributed by atoms with E-state index in [0.29, 0.717) is 24.4 Å². The van der Waals surface area contributed by atoms with Crippen molar-refractivity contribution >= 4 is 27.9 Å². The second-order valence-corrected chi connectivity index (χ2v) is 9.67. The number of amides is 1. The van der Waals surface area contributed by atoms with E-state index in [-0.39, 0.29) is 18.6 Å². The summed E-state index contributed by atoms with van der Waals surface area (Å²) < 4.78 is 1.94. The molecule has 1 aromatic carbocycles. The van der Waals surface area contributed by atoms with E-state index >= 15 is 0 Å². The van der Waals surface area contributed by atoms with Gasteiger partial charge in [-0.15, -0.1) is 0 Å². The Bertz CT molecular complexity index is 1060. The molecule has 0 aliphatic carbocycles. The fourth-order valence-corrected chi connectivity index (χ4v) is 5.13. The summed E-state index contributed by atoms with van der Waals surface area (Å²) in [5, 5.41) is 18.4. The van der Waals surface area contributed by atoms with E-state index < -0.39 is 0 Å². The summed E-state index contributed by atoms with van der Waals surface area (Å²) >= 11 is 1.60. The van der Waals surface area contributed by atoms with Crippen LogP contribution in [0.3, 0.4) is 0 Å². The van der Waals surface area contributed by atoms with Crippen molar-refractivity contribution in [2.75, 3.05) is 18.5 Å². The average Bonchev–Trinajstić information content (AvgIpc) is 3.29. The molecule has 166 valence electrons. The second-order valence-electron chi connectivity index (χ2n) is 8.51. The largest absolute Gasteiger partial charge is 0.396 e. The van der Waals surface area contributed by atoms with Crippen molar-refractivity contribution in [3.05, 3.63) is 46.2 Å². The highest BCUT2D eigenvalue weighted by atomic mass is 32.1. The van der Waals surface area contributed by atoms with Gasteiger partial charge in [0.1, 0.15) is 5.01 Å². The van der Waals surface area contributed by atoms with Crippen molar-refractivity contribution < 1.29 is 9.90 Å². The van der Waals surface area contributed by atoms with Crippen LogP contribution in [0.2, 0.25) is 0 Å². The molecule has 3 heterocycles. The molecule has 4 rings (SSSR count). The van der Waals surface area contributed by atoms with Crippen molar-refractivity contribution in [1.82, 2.24) is 19.5 Å². The van der Waals surface area contributed by atoms with E-state index in [4.69, 9.17) is 4.98 Å². The predicted octanol–water partition coefficient (Wildman–Crippen LogP) is 4.21. The van der Waals surface area contributed by atoms with Gasteiger partial charge in [0, 0.05) is 30.4 Å². The minimum Gasteiger partial charge on any atom is -0.396 e. The van der Waals surface area contributed by atoms with E-state index in [1.165, 1.54) is 0 Å². The summed E-state index contributed by atoms with van der Waals surface area (Å²) in [6.07, 6.45) is 3.75. The maximum absolute atomic E-state index is 13.2. The average molecular weight is 442 g/mol. The zero-order valence-electron chi connectivity index (χ0n) is 18.5. The van der Waals surface area contributed by atoms with Gasteiger partial charge in [-0.25, -0.2) is 9.50 Å². The van der Waals surface area contributed by atoms with E-state index in [2.05, 4.69) is 24.3 Å². The lowest BCUT2D eigenvalue weighted by Crippen LogP contribution is -2.44. The summed E-state index contributed by atoms with van der Waals surface area (Å²) in [5.74, 6) is 0.355. The number of rotatable bonds is 7. The van der Waals surface area contributed by atoms with Crippen LogP contribution in [0, 0.1) is 6.92 Å². The van der Waals surface area contributed by atoms with Gasteiger partial charge in [0.15, 0.2) is 0 Å². The van der Waals surface area contributed by atoms with Crippen LogP contribution in [-0.4, -0.2) is 49.7 Å². The first kappa shape index (κ1) is 21.8. The number of benzene rings is 1. The third-order valence-electron chi connectivity index (χ3n) is 5.90. The van der Waals surface area contributed by atoms with Crippen LogP contribution < -0.4 is 5.32 Å². The number of aromatic nitrogens is 3. The van der Waals surface area contributed by atoms with E-state index in [1.54, 1.807) is 11.3 Å². The van der Waals surface area contributed by atoms with Gasteiger partial charge in [-0.05, 0) is 56.7 Å². The minimum absolute atomic E-state index is 0.0477. The topological polar surface area (TPSA) is 82.8 Å². The molecule has 1 amide bonds. The molecule has 0 bridgehead atoms. The Morgan fingerprint density at radius 1 is 1.35 bits per heavy atom. The number of anilines is 1. The molecule has 0 saturated carbocycles. The normalized spacial score (nSPS) is 16.9. The molecule has 1 unspecified atom stereocenters. The standard InChI is InChI=1S/C23H31N5O2S/c1-15(2)21-20(28-23(25-21)31-16(3)26-28)14-24-18-8-6-7-17(13-18)22(30)27-11-5-4-9-19(27)10-12-29/h6-8,13,15,19,24,29H,4-5,9-12,14H2,1-3H3. The molecule has 1 aliphatic heterocycles. The van der Waals surface area contributed by atoms with Gasteiger partial charge in [0.25, 0.3) is 5.91 Å². The van der Waals surface area contributed by atoms with Gasteiger partial charge < -0.3 is 15.3 Å².